The third-order valence-corrected chi connectivity index (χ3v) is 5.78. The zero-order chi connectivity index (χ0) is 18.2. The highest BCUT2D eigenvalue weighted by atomic mass is 16.3. The fourth-order valence-corrected chi connectivity index (χ4v) is 3.47. The molecule has 0 aromatic carbocycles. The first-order valence-corrected chi connectivity index (χ1v) is 9.28. The highest BCUT2D eigenvalue weighted by Gasteiger charge is 2.36. The number of imidazole rings is 1. The fourth-order valence-electron chi connectivity index (χ4n) is 3.47. The number of nitrogens with zero attached hydrogens (tertiary/aromatic N) is 3. The molecule has 0 radical (unpaired) electrons. The molecule has 0 spiro atoms. The lowest BCUT2D eigenvalue weighted by atomic mass is 9.83. The minimum absolute atomic E-state index is 0.196. The summed E-state index contributed by atoms with van der Waals surface area (Å²) in [5.74, 6) is -0.158. The Balaban J connectivity index is 1.94. The van der Waals surface area contributed by atoms with Crippen LogP contribution in [-0.2, 0) is 4.79 Å². The van der Waals surface area contributed by atoms with Crippen molar-refractivity contribution in [2.75, 3.05) is 5.32 Å². The lowest BCUT2D eigenvalue weighted by molar-refractivity contribution is -0.128. The van der Waals surface area contributed by atoms with Gasteiger partial charge in [-0.2, -0.15) is 0 Å². The van der Waals surface area contributed by atoms with Crippen LogP contribution in [0.2, 0.25) is 0 Å². The number of aryl methyl sites for hydroxylation is 1. The largest absolute Gasteiger partial charge is 0.389 e. The van der Waals surface area contributed by atoms with E-state index in [4.69, 9.17) is 0 Å². The van der Waals surface area contributed by atoms with Gasteiger partial charge in [-0.25, -0.2) is 9.97 Å². The molecule has 1 amide bonds. The Labute approximate surface area is 148 Å². The zero-order valence-electron chi connectivity index (χ0n) is 15.5. The summed E-state index contributed by atoms with van der Waals surface area (Å²) in [6.45, 7) is 7.55. The van der Waals surface area contributed by atoms with Crippen LogP contribution in [-0.4, -0.2) is 31.1 Å². The monoisotopic (exact) mass is 344 g/mol. The number of aliphatic hydroxyl groups is 1. The Bertz CT molecular complexity index is 775. The minimum Gasteiger partial charge on any atom is -0.389 e. The molecule has 1 fully saturated rings. The van der Waals surface area contributed by atoms with Gasteiger partial charge in [0.15, 0.2) is 5.65 Å². The van der Waals surface area contributed by atoms with Crippen molar-refractivity contribution in [2.24, 2.45) is 5.92 Å². The van der Waals surface area contributed by atoms with Crippen LogP contribution in [0.15, 0.2) is 12.1 Å². The topological polar surface area (TPSA) is 80.0 Å². The van der Waals surface area contributed by atoms with Gasteiger partial charge in [-0.15, -0.1) is 0 Å². The Kier molecular flexibility index (Phi) is 4.82. The molecule has 1 aliphatic rings. The summed E-state index contributed by atoms with van der Waals surface area (Å²) in [6.07, 6.45) is 4.42. The molecule has 1 aliphatic carbocycles. The standard InChI is InChI=1S/C19H28N4O2/c1-5-19(25,6-2)13(4)17(24)22-18-21-15-11-10-12(3)20-16(15)23(18)14-8-7-9-14/h10-11,13-14,25H,5-9H2,1-4H3,(H,21,22,24)/t13-/m1/s1. The first kappa shape index (κ1) is 17.9. The molecule has 0 unspecified atom stereocenters. The van der Waals surface area contributed by atoms with Crippen molar-refractivity contribution in [3.8, 4) is 0 Å². The van der Waals surface area contributed by atoms with Crippen molar-refractivity contribution < 1.29 is 9.90 Å². The fraction of sp³-hybridized carbons (Fsp3) is 0.632. The molecular weight excluding hydrogens is 316 g/mol. The van der Waals surface area contributed by atoms with Crippen LogP contribution in [0.1, 0.15) is 64.6 Å². The quantitative estimate of drug-likeness (QED) is 0.839. The molecule has 0 aliphatic heterocycles. The van der Waals surface area contributed by atoms with E-state index in [1.807, 2.05) is 32.9 Å². The number of anilines is 1. The van der Waals surface area contributed by atoms with Gasteiger partial charge in [0.2, 0.25) is 11.9 Å². The maximum absolute atomic E-state index is 12.8. The Morgan fingerprint density at radius 3 is 2.60 bits per heavy atom. The SMILES string of the molecule is CCC(O)(CC)[C@H](C)C(=O)Nc1nc2ccc(C)nc2n1C1CCC1. The van der Waals surface area contributed by atoms with Gasteiger partial charge in [0.1, 0.15) is 5.52 Å². The molecule has 0 bridgehead atoms. The Morgan fingerprint density at radius 1 is 1.36 bits per heavy atom. The molecule has 1 saturated carbocycles. The van der Waals surface area contributed by atoms with E-state index >= 15 is 0 Å². The smallest absolute Gasteiger partial charge is 0.232 e. The molecule has 2 N–H and O–H groups in total. The van der Waals surface area contributed by atoms with Crippen molar-refractivity contribution in [2.45, 2.75) is 71.4 Å². The predicted molar refractivity (Wildman–Crippen MR) is 98.5 cm³/mol. The predicted octanol–water partition coefficient (Wildman–Crippen LogP) is 3.59. The summed E-state index contributed by atoms with van der Waals surface area (Å²) < 4.78 is 2.06. The maximum atomic E-state index is 12.8. The molecule has 2 aromatic heterocycles. The number of hydrogen-bond donors (Lipinski definition) is 2. The molecule has 6 heteroatoms. The summed E-state index contributed by atoms with van der Waals surface area (Å²) >= 11 is 0. The van der Waals surface area contributed by atoms with Crippen molar-refractivity contribution in [1.29, 1.82) is 0 Å². The van der Waals surface area contributed by atoms with Crippen LogP contribution in [0, 0.1) is 12.8 Å². The lowest BCUT2D eigenvalue weighted by Gasteiger charge is -2.32. The van der Waals surface area contributed by atoms with Gasteiger partial charge in [-0.1, -0.05) is 20.8 Å². The minimum atomic E-state index is -0.994. The van der Waals surface area contributed by atoms with Crippen molar-refractivity contribution in [1.82, 2.24) is 14.5 Å². The van der Waals surface area contributed by atoms with Gasteiger partial charge in [0.05, 0.1) is 11.5 Å². The molecule has 1 atom stereocenters. The van der Waals surface area contributed by atoms with Crippen LogP contribution in [0.3, 0.4) is 0 Å². The van der Waals surface area contributed by atoms with Crippen molar-refractivity contribution >= 4 is 23.0 Å². The van der Waals surface area contributed by atoms with Crippen LogP contribution >= 0.6 is 0 Å². The highest BCUT2D eigenvalue weighted by Crippen LogP contribution is 2.37. The second kappa shape index (κ2) is 6.75. The number of pyridine rings is 1. The van der Waals surface area contributed by atoms with E-state index in [1.165, 1.54) is 6.42 Å². The number of fused-ring (bicyclic) bond motifs is 1. The van der Waals surface area contributed by atoms with Gasteiger partial charge in [-0.05, 0) is 51.2 Å². The first-order valence-electron chi connectivity index (χ1n) is 9.28. The molecule has 3 rings (SSSR count). The van der Waals surface area contributed by atoms with Crippen LogP contribution in [0.4, 0.5) is 5.95 Å². The second-order valence-electron chi connectivity index (χ2n) is 7.21. The Hall–Kier alpha value is -1.95. The number of aromatic nitrogens is 3. The van der Waals surface area contributed by atoms with Gasteiger partial charge < -0.3 is 5.11 Å². The summed E-state index contributed by atoms with van der Waals surface area (Å²) in [7, 11) is 0. The van der Waals surface area contributed by atoms with Crippen LogP contribution in [0.25, 0.3) is 11.2 Å². The third-order valence-electron chi connectivity index (χ3n) is 5.78. The first-order chi connectivity index (χ1) is 11.9. The summed E-state index contributed by atoms with van der Waals surface area (Å²) in [4.78, 5) is 22.0. The summed E-state index contributed by atoms with van der Waals surface area (Å²) in [6, 6.07) is 4.21. The maximum Gasteiger partial charge on any atom is 0.232 e. The van der Waals surface area contributed by atoms with E-state index in [9.17, 15) is 9.90 Å². The lowest BCUT2D eigenvalue weighted by Crippen LogP contribution is -2.42. The van der Waals surface area contributed by atoms with Gasteiger partial charge in [0.25, 0.3) is 0 Å². The molecule has 2 aromatic rings. The van der Waals surface area contributed by atoms with E-state index in [1.54, 1.807) is 6.92 Å². The normalized spacial score (nSPS) is 16.7. The number of rotatable bonds is 6. The summed E-state index contributed by atoms with van der Waals surface area (Å²) in [5.41, 5.74) is 1.56. The van der Waals surface area contributed by atoms with E-state index in [-0.39, 0.29) is 5.91 Å². The molecule has 0 saturated heterocycles. The van der Waals surface area contributed by atoms with Gasteiger partial charge in [-0.3, -0.25) is 14.7 Å². The zero-order valence-corrected chi connectivity index (χ0v) is 15.5. The van der Waals surface area contributed by atoms with E-state index in [0.29, 0.717) is 24.8 Å². The second-order valence-corrected chi connectivity index (χ2v) is 7.21. The average Bonchev–Trinajstić information content (AvgIpc) is 2.89. The van der Waals surface area contributed by atoms with Crippen LogP contribution in [0.5, 0.6) is 0 Å². The van der Waals surface area contributed by atoms with E-state index in [2.05, 4.69) is 19.9 Å². The number of carbonyl (C=O) groups excluding carboxylic acids is 1. The molecule has 136 valence electrons. The summed E-state index contributed by atoms with van der Waals surface area (Å²) in [5, 5.41) is 13.6. The molecule has 25 heavy (non-hydrogen) atoms. The van der Waals surface area contributed by atoms with Crippen molar-refractivity contribution in [3.05, 3.63) is 17.8 Å². The molecule has 2 heterocycles. The van der Waals surface area contributed by atoms with Gasteiger partial charge in [0, 0.05) is 11.7 Å². The average molecular weight is 344 g/mol. The number of hydrogen-bond acceptors (Lipinski definition) is 4. The Morgan fingerprint density at radius 2 is 2.04 bits per heavy atom. The number of amides is 1. The van der Waals surface area contributed by atoms with Crippen molar-refractivity contribution in [3.63, 3.8) is 0 Å². The molecular formula is C19H28N4O2. The highest BCUT2D eigenvalue weighted by molar-refractivity contribution is 5.93. The molecule has 6 nitrogen and oxygen atoms in total. The number of nitrogens with one attached hydrogen (secondary N) is 1. The number of carbonyl (C=O) groups is 1. The third kappa shape index (κ3) is 3.15. The van der Waals surface area contributed by atoms with E-state index in [0.717, 1.165) is 29.7 Å². The van der Waals surface area contributed by atoms with E-state index < -0.39 is 11.5 Å². The van der Waals surface area contributed by atoms with Gasteiger partial charge >= 0.3 is 0 Å². The van der Waals surface area contributed by atoms with Crippen LogP contribution < -0.4 is 5.32 Å².